The van der Waals surface area contributed by atoms with Crippen LogP contribution in [0.15, 0.2) is 80.1 Å². The molecule has 0 radical (unpaired) electrons. The minimum absolute atomic E-state index is 0.213. The molecule has 0 spiro atoms. The van der Waals surface area contributed by atoms with Gasteiger partial charge in [0.15, 0.2) is 5.09 Å². The van der Waals surface area contributed by atoms with Crippen molar-refractivity contribution in [1.29, 1.82) is 0 Å². The maximum atomic E-state index is 12.7. The van der Waals surface area contributed by atoms with Gasteiger partial charge in [-0.3, -0.25) is 19.3 Å². The quantitative estimate of drug-likeness (QED) is 0.466. The van der Waals surface area contributed by atoms with Crippen molar-refractivity contribution in [3.05, 3.63) is 82.5 Å². The number of thioether (sulfide) groups is 2. The first-order chi connectivity index (χ1) is 16.4. The minimum atomic E-state index is -0.518. The van der Waals surface area contributed by atoms with E-state index < -0.39 is 17.1 Å². The molecule has 5 rings (SSSR count). The van der Waals surface area contributed by atoms with E-state index in [-0.39, 0.29) is 11.4 Å². The Morgan fingerprint density at radius 1 is 1.15 bits per heavy atom. The number of aryl methyl sites for hydroxylation is 1. The van der Waals surface area contributed by atoms with Crippen LogP contribution in [0.4, 0.5) is 16.2 Å². The third kappa shape index (κ3) is 4.85. The van der Waals surface area contributed by atoms with E-state index in [0.717, 1.165) is 39.4 Å². The van der Waals surface area contributed by atoms with Crippen LogP contribution in [-0.4, -0.2) is 33.5 Å². The Morgan fingerprint density at radius 2 is 1.94 bits per heavy atom. The average Bonchev–Trinajstić information content (AvgIpc) is 3.50. The van der Waals surface area contributed by atoms with Crippen molar-refractivity contribution < 1.29 is 18.8 Å². The summed E-state index contributed by atoms with van der Waals surface area (Å²) < 4.78 is 5.83. The molecule has 1 aromatic heterocycles. The summed E-state index contributed by atoms with van der Waals surface area (Å²) in [5, 5.41) is 3.79. The van der Waals surface area contributed by atoms with Crippen LogP contribution >= 0.6 is 23.5 Å². The number of carbonyl (C=O) groups excluding carboxylic acids is 3. The summed E-state index contributed by atoms with van der Waals surface area (Å²) in [4.78, 5) is 43.2. The predicted molar refractivity (Wildman–Crippen MR) is 134 cm³/mol. The molecule has 7 nitrogen and oxygen atoms in total. The Hall–Kier alpha value is -3.56. The van der Waals surface area contributed by atoms with Crippen LogP contribution in [0, 0.1) is 6.92 Å². The van der Waals surface area contributed by atoms with Crippen molar-refractivity contribution >= 4 is 63.1 Å². The zero-order valence-corrected chi connectivity index (χ0v) is 19.7. The maximum Gasteiger partial charge on any atom is 0.294 e. The van der Waals surface area contributed by atoms with Crippen LogP contribution < -0.4 is 5.32 Å². The molecule has 170 valence electrons. The molecule has 2 aromatic carbocycles. The van der Waals surface area contributed by atoms with Crippen molar-refractivity contribution in [2.75, 3.05) is 11.9 Å². The van der Waals surface area contributed by atoms with Gasteiger partial charge in [-0.25, -0.2) is 4.99 Å². The van der Waals surface area contributed by atoms with Gasteiger partial charge >= 0.3 is 0 Å². The lowest BCUT2D eigenvalue weighted by atomic mass is 10.2. The van der Waals surface area contributed by atoms with Crippen molar-refractivity contribution in [3.63, 3.8) is 0 Å². The fourth-order valence-electron chi connectivity index (χ4n) is 3.49. The molecule has 1 fully saturated rings. The number of aliphatic imine (C=N–C) groups is 1. The summed E-state index contributed by atoms with van der Waals surface area (Å²) in [6, 6.07) is 18.8. The highest BCUT2D eigenvalue weighted by molar-refractivity contribution is 8.18. The molecule has 3 heterocycles. The fraction of sp³-hybridized carbons (Fsp3) is 0.120. The van der Waals surface area contributed by atoms with Crippen LogP contribution in [0.2, 0.25) is 0 Å². The molecule has 9 heteroatoms. The lowest BCUT2D eigenvalue weighted by molar-refractivity contribution is -0.127. The van der Waals surface area contributed by atoms with Gasteiger partial charge in [0.2, 0.25) is 5.91 Å². The number of amides is 3. The Balaban J connectivity index is 1.21. The van der Waals surface area contributed by atoms with Gasteiger partial charge in [-0.15, -0.1) is 0 Å². The molecular weight excluding hydrogens is 470 g/mol. The number of anilines is 1. The number of nitrogens with zero attached hydrogens (tertiary/aromatic N) is 2. The summed E-state index contributed by atoms with van der Waals surface area (Å²) in [5.41, 5.74) is 3.82. The Bertz CT molecular complexity index is 1360. The number of benzene rings is 2. The van der Waals surface area contributed by atoms with E-state index in [1.165, 1.54) is 23.4 Å². The third-order valence-electron chi connectivity index (χ3n) is 5.18. The van der Waals surface area contributed by atoms with Crippen LogP contribution in [0.5, 0.6) is 0 Å². The molecule has 0 aliphatic carbocycles. The van der Waals surface area contributed by atoms with Crippen LogP contribution in [-0.2, 0) is 16.0 Å². The molecule has 1 N–H and O–H groups in total. The number of rotatable bonds is 5. The second-order valence-corrected chi connectivity index (χ2v) is 9.82. The van der Waals surface area contributed by atoms with Gasteiger partial charge in [-0.2, -0.15) is 0 Å². The first-order valence-electron chi connectivity index (χ1n) is 10.5. The maximum absolute atomic E-state index is 12.7. The van der Waals surface area contributed by atoms with E-state index in [0.29, 0.717) is 16.5 Å². The molecule has 0 unspecified atom stereocenters. The Kier molecular flexibility index (Phi) is 6.12. The average molecular weight is 490 g/mol. The van der Waals surface area contributed by atoms with Crippen molar-refractivity contribution in [1.82, 2.24) is 4.90 Å². The van der Waals surface area contributed by atoms with E-state index in [4.69, 9.17) is 4.42 Å². The van der Waals surface area contributed by atoms with Crippen molar-refractivity contribution in [2.45, 2.75) is 18.4 Å². The van der Waals surface area contributed by atoms with Gasteiger partial charge in [-0.1, -0.05) is 35.9 Å². The Morgan fingerprint density at radius 3 is 2.74 bits per heavy atom. The zero-order chi connectivity index (χ0) is 23.7. The predicted octanol–water partition coefficient (Wildman–Crippen LogP) is 5.64. The molecule has 2 aliphatic rings. The second kappa shape index (κ2) is 9.36. The Labute approximate surface area is 204 Å². The molecule has 3 amide bonds. The number of carbonyl (C=O) groups is 3. The van der Waals surface area contributed by atoms with Gasteiger partial charge in [0, 0.05) is 18.2 Å². The van der Waals surface area contributed by atoms with Crippen molar-refractivity contribution in [3.8, 4) is 0 Å². The summed E-state index contributed by atoms with van der Waals surface area (Å²) in [5.74, 6) is -0.508. The lowest BCUT2D eigenvalue weighted by Gasteiger charge is -2.12. The summed E-state index contributed by atoms with van der Waals surface area (Å²) in [7, 11) is 0. The number of para-hydroxylation sites is 1. The third-order valence-corrected chi connectivity index (χ3v) is 6.98. The van der Waals surface area contributed by atoms with Gasteiger partial charge in [0.05, 0.1) is 15.6 Å². The highest BCUT2D eigenvalue weighted by atomic mass is 32.2. The van der Waals surface area contributed by atoms with E-state index in [1.54, 1.807) is 24.3 Å². The monoisotopic (exact) mass is 489 g/mol. The minimum Gasteiger partial charge on any atom is -0.450 e. The largest absolute Gasteiger partial charge is 0.450 e. The lowest BCUT2D eigenvalue weighted by Crippen LogP contribution is -2.36. The van der Waals surface area contributed by atoms with E-state index in [2.05, 4.69) is 16.4 Å². The summed E-state index contributed by atoms with van der Waals surface area (Å²) in [6.45, 7) is 1.59. The number of hydrogen-bond acceptors (Lipinski definition) is 7. The molecule has 0 atom stereocenters. The number of hydrogen-bond donors (Lipinski definition) is 1. The van der Waals surface area contributed by atoms with Gasteiger partial charge in [0.1, 0.15) is 12.3 Å². The standard InChI is InChI=1S/C25H19N3O4S2/c1-15-6-8-17(9-7-15)26-21(29)14-28-24(30)20(33-25(28)31)13-18-10-11-23(32-18)34-22-12-16-4-2-3-5-19(16)27-22/h2-11,13H,12,14H2,1H3,(H,26,29). The van der Waals surface area contributed by atoms with Crippen molar-refractivity contribution in [2.24, 2.45) is 4.99 Å². The first-order valence-corrected chi connectivity index (χ1v) is 12.1. The molecule has 2 aliphatic heterocycles. The molecular formula is C25H19N3O4S2. The number of fused-ring (bicyclic) bond motifs is 1. The molecule has 3 aromatic rings. The zero-order valence-electron chi connectivity index (χ0n) is 18.1. The van der Waals surface area contributed by atoms with Gasteiger partial charge < -0.3 is 9.73 Å². The number of imide groups is 1. The SMILES string of the molecule is Cc1ccc(NC(=O)CN2C(=O)SC(=Cc3ccc(SC4=Nc5ccccc5C4)o3)C2=O)cc1. The fourth-order valence-corrected chi connectivity index (χ4v) is 5.19. The normalized spacial score (nSPS) is 16.2. The highest BCUT2D eigenvalue weighted by Gasteiger charge is 2.36. The smallest absolute Gasteiger partial charge is 0.294 e. The number of furan rings is 1. The molecule has 1 saturated heterocycles. The topological polar surface area (TPSA) is 92.0 Å². The van der Waals surface area contributed by atoms with E-state index in [1.807, 2.05) is 37.3 Å². The number of nitrogens with one attached hydrogen (secondary N) is 1. The second-order valence-electron chi connectivity index (χ2n) is 7.75. The summed E-state index contributed by atoms with van der Waals surface area (Å²) in [6.07, 6.45) is 2.28. The first kappa shape index (κ1) is 22.2. The van der Waals surface area contributed by atoms with Gasteiger partial charge in [-0.05, 0) is 66.3 Å². The highest BCUT2D eigenvalue weighted by Crippen LogP contribution is 2.36. The molecule has 0 bridgehead atoms. The van der Waals surface area contributed by atoms with Crippen LogP contribution in [0.25, 0.3) is 6.08 Å². The van der Waals surface area contributed by atoms with E-state index in [9.17, 15) is 14.4 Å². The molecule has 0 saturated carbocycles. The van der Waals surface area contributed by atoms with Crippen LogP contribution in [0.3, 0.4) is 0 Å². The van der Waals surface area contributed by atoms with E-state index >= 15 is 0 Å². The van der Waals surface area contributed by atoms with Crippen LogP contribution in [0.1, 0.15) is 16.9 Å². The summed E-state index contributed by atoms with van der Waals surface area (Å²) >= 11 is 2.22. The molecule has 34 heavy (non-hydrogen) atoms. The van der Waals surface area contributed by atoms with Gasteiger partial charge in [0.25, 0.3) is 11.1 Å².